The van der Waals surface area contributed by atoms with Crippen LogP contribution in [-0.4, -0.2) is 27.2 Å². The Morgan fingerprint density at radius 1 is 1.17 bits per heavy atom. The average Bonchev–Trinajstić information content (AvgIpc) is 3.39. The van der Waals surface area contributed by atoms with E-state index in [9.17, 15) is 18.0 Å². The molecule has 5 rings (SSSR count). The van der Waals surface area contributed by atoms with Gasteiger partial charge in [0.05, 0.1) is 29.7 Å². The van der Waals surface area contributed by atoms with Crippen molar-refractivity contribution in [2.24, 2.45) is 0 Å². The standard InChI is InChI=1S/C26H22F3N3O3/c1-15-16(13-30-18-9-10-19-17(11-24(33)34)14-35-23(19)12-18)5-4-8-21(15)32-22-7-3-2-6-20(22)31-25(32)26(27,28)29/h2-10,12,17,30H,11,13-14H2,1H3,(H,33,34)/t17-/m1/s1. The van der Waals surface area contributed by atoms with Gasteiger partial charge in [0.2, 0.25) is 5.82 Å². The van der Waals surface area contributed by atoms with Crippen molar-refractivity contribution in [3.8, 4) is 11.4 Å². The number of imidazole rings is 1. The Balaban J connectivity index is 1.44. The summed E-state index contributed by atoms with van der Waals surface area (Å²) in [4.78, 5) is 14.9. The van der Waals surface area contributed by atoms with Crippen LogP contribution < -0.4 is 10.1 Å². The molecule has 180 valence electrons. The Hall–Kier alpha value is -4.01. The molecule has 0 fully saturated rings. The van der Waals surface area contributed by atoms with E-state index in [1.54, 1.807) is 43.3 Å². The molecule has 1 aliphatic heterocycles. The van der Waals surface area contributed by atoms with Gasteiger partial charge in [0.15, 0.2) is 0 Å². The lowest BCUT2D eigenvalue weighted by Crippen LogP contribution is -2.15. The zero-order valence-electron chi connectivity index (χ0n) is 18.8. The highest BCUT2D eigenvalue weighted by Crippen LogP contribution is 2.38. The van der Waals surface area contributed by atoms with E-state index < -0.39 is 18.0 Å². The van der Waals surface area contributed by atoms with E-state index in [0.717, 1.165) is 16.8 Å². The molecule has 0 saturated carbocycles. The number of anilines is 1. The monoisotopic (exact) mass is 481 g/mol. The summed E-state index contributed by atoms with van der Waals surface area (Å²) >= 11 is 0. The van der Waals surface area contributed by atoms with Crippen LogP contribution in [0, 0.1) is 6.92 Å². The minimum absolute atomic E-state index is 0.00854. The van der Waals surface area contributed by atoms with E-state index in [2.05, 4.69) is 10.3 Å². The fourth-order valence-corrected chi connectivity index (χ4v) is 4.53. The maximum Gasteiger partial charge on any atom is 0.450 e. The summed E-state index contributed by atoms with van der Waals surface area (Å²) in [5.74, 6) is -1.36. The highest BCUT2D eigenvalue weighted by atomic mass is 19.4. The summed E-state index contributed by atoms with van der Waals surface area (Å²) in [5, 5.41) is 12.4. The molecule has 1 aliphatic rings. The number of hydrogen-bond donors (Lipinski definition) is 2. The first-order chi connectivity index (χ1) is 16.7. The quantitative estimate of drug-likeness (QED) is 0.358. The number of halogens is 3. The number of nitrogens with zero attached hydrogens (tertiary/aromatic N) is 2. The second-order valence-corrected chi connectivity index (χ2v) is 8.53. The second kappa shape index (κ2) is 8.65. The number of aromatic nitrogens is 2. The smallest absolute Gasteiger partial charge is 0.450 e. The van der Waals surface area contributed by atoms with E-state index in [0.29, 0.717) is 35.7 Å². The van der Waals surface area contributed by atoms with Crippen LogP contribution in [0.3, 0.4) is 0 Å². The van der Waals surface area contributed by atoms with Gasteiger partial charge in [-0.2, -0.15) is 13.2 Å². The van der Waals surface area contributed by atoms with Gasteiger partial charge >= 0.3 is 12.1 Å². The number of hydrogen-bond acceptors (Lipinski definition) is 4. The lowest BCUT2D eigenvalue weighted by atomic mass is 9.98. The fourth-order valence-electron chi connectivity index (χ4n) is 4.53. The predicted molar refractivity (Wildman–Crippen MR) is 125 cm³/mol. The van der Waals surface area contributed by atoms with Gasteiger partial charge in [-0.05, 0) is 42.3 Å². The minimum Gasteiger partial charge on any atom is -0.493 e. The van der Waals surface area contributed by atoms with Crippen molar-refractivity contribution in [1.82, 2.24) is 9.55 Å². The minimum atomic E-state index is -4.61. The Bertz CT molecular complexity index is 1430. The van der Waals surface area contributed by atoms with Gasteiger partial charge in [0.25, 0.3) is 0 Å². The Morgan fingerprint density at radius 2 is 1.97 bits per heavy atom. The molecule has 4 aromatic rings. The van der Waals surface area contributed by atoms with E-state index in [4.69, 9.17) is 9.84 Å². The molecule has 1 atom stereocenters. The zero-order chi connectivity index (χ0) is 24.7. The highest BCUT2D eigenvalue weighted by Gasteiger charge is 2.38. The first kappa shape index (κ1) is 22.8. The number of para-hydroxylation sites is 2. The van der Waals surface area contributed by atoms with Crippen LogP contribution in [0.4, 0.5) is 18.9 Å². The number of nitrogens with one attached hydrogen (secondary N) is 1. The molecule has 35 heavy (non-hydrogen) atoms. The van der Waals surface area contributed by atoms with E-state index in [1.165, 1.54) is 4.57 Å². The molecule has 0 amide bonds. The van der Waals surface area contributed by atoms with E-state index in [1.807, 2.05) is 24.3 Å². The molecule has 9 heteroatoms. The molecule has 3 aromatic carbocycles. The van der Waals surface area contributed by atoms with Gasteiger partial charge in [0, 0.05) is 29.8 Å². The number of carboxylic acids is 1. The Kier molecular flexibility index (Phi) is 5.62. The van der Waals surface area contributed by atoms with E-state index in [-0.39, 0.29) is 17.9 Å². The number of aliphatic carboxylic acids is 1. The summed E-state index contributed by atoms with van der Waals surface area (Å²) in [7, 11) is 0. The molecular formula is C26H22F3N3O3. The average molecular weight is 481 g/mol. The van der Waals surface area contributed by atoms with Crippen LogP contribution in [-0.2, 0) is 17.5 Å². The highest BCUT2D eigenvalue weighted by molar-refractivity contribution is 5.79. The van der Waals surface area contributed by atoms with Crippen molar-refractivity contribution in [2.45, 2.75) is 32.0 Å². The lowest BCUT2D eigenvalue weighted by molar-refractivity contribution is -0.145. The van der Waals surface area contributed by atoms with Crippen molar-refractivity contribution in [1.29, 1.82) is 0 Å². The van der Waals surface area contributed by atoms with Crippen molar-refractivity contribution in [3.63, 3.8) is 0 Å². The maximum absolute atomic E-state index is 13.8. The SMILES string of the molecule is Cc1c(CNc2ccc3c(c2)OC[C@H]3CC(=O)O)cccc1-n1c(C(F)(F)F)nc2ccccc21. The van der Waals surface area contributed by atoms with Gasteiger partial charge in [-0.25, -0.2) is 4.98 Å². The molecule has 0 bridgehead atoms. The zero-order valence-corrected chi connectivity index (χ0v) is 18.8. The van der Waals surface area contributed by atoms with Crippen LogP contribution in [0.1, 0.15) is 34.9 Å². The summed E-state index contributed by atoms with van der Waals surface area (Å²) in [6.45, 7) is 2.50. The Labute approximate surface area is 199 Å². The van der Waals surface area contributed by atoms with Crippen LogP contribution in [0.5, 0.6) is 5.75 Å². The molecule has 0 unspecified atom stereocenters. The number of carbonyl (C=O) groups is 1. The number of alkyl halides is 3. The van der Waals surface area contributed by atoms with Gasteiger partial charge in [-0.15, -0.1) is 0 Å². The molecule has 6 nitrogen and oxygen atoms in total. The first-order valence-electron chi connectivity index (χ1n) is 11.1. The third-order valence-corrected chi connectivity index (χ3v) is 6.27. The number of rotatable bonds is 6. The summed E-state index contributed by atoms with van der Waals surface area (Å²) in [6, 6.07) is 17.3. The van der Waals surface area contributed by atoms with Crippen molar-refractivity contribution >= 4 is 22.7 Å². The van der Waals surface area contributed by atoms with E-state index >= 15 is 0 Å². The molecular weight excluding hydrogens is 459 g/mol. The first-order valence-corrected chi connectivity index (χ1v) is 11.1. The van der Waals surface area contributed by atoms with Crippen LogP contribution in [0.2, 0.25) is 0 Å². The summed E-state index contributed by atoms with van der Waals surface area (Å²) in [6.07, 6.45) is -4.60. The largest absolute Gasteiger partial charge is 0.493 e. The van der Waals surface area contributed by atoms with Crippen LogP contribution in [0.25, 0.3) is 16.7 Å². The van der Waals surface area contributed by atoms with Crippen molar-refractivity contribution in [3.05, 3.63) is 83.2 Å². The molecule has 0 aliphatic carbocycles. The van der Waals surface area contributed by atoms with Gasteiger partial charge in [-0.1, -0.05) is 30.3 Å². The van der Waals surface area contributed by atoms with Crippen LogP contribution in [0.15, 0.2) is 60.7 Å². The third kappa shape index (κ3) is 4.29. The summed E-state index contributed by atoms with van der Waals surface area (Å²) < 4.78 is 48.3. The number of carboxylic acid groups (broad SMARTS) is 1. The number of ether oxygens (including phenoxy) is 1. The van der Waals surface area contributed by atoms with Gasteiger partial charge < -0.3 is 15.2 Å². The van der Waals surface area contributed by atoms with Crippen molar-refractivity contribution < 1.29 is 27.8 Å². The molecule has 1 aromatic heterocycles. The fraction of sp³-hybridized carbons (Fsp3) is 0.231. The molecule has 0 saturated heterocycles. The van der Waals surface area contributed by atoms with Crippen LogP contribution >= 0.6 is 0 Å². The number of fused-ring (bicyclic) bond motifs is 2. The van der Waals surface area contributed by atoms with Gasteiger partial charge in [-0.3, -0.25) is 9.36 Å². The normalized spacial score (nSPS) is 15.1. The summed E-state index contributed by atoms with van der Waals surface area (Å²) in [5.41, 5.74) is 4.25. The molecule has 2 heterocycles. The lowest BCUT2D eigenvalue weighted by Gasteiger charge is -2.17. The second-order valence-electron chi connectivity index (χ2n) is 8.53. The topological polar surface area (TPSA) is 76.4 Å². The molecule has 0 spiro atoms. The molecule has 0 radical (unpaired) electrons. The van der Waals surface area contributed by atoms with Gasteiger partial charge in [0.1, 0.15) is 5.75 Å². The molecule has 2 N–H and O–H groups in total. The predicted octanol–water partition coefficient (Wildman–Crippen LogP) is 5.92. The number of benzene rings is 3. The van der Waals surface area contributed by atoms with Crippen molar-refractivity contribution in [2.75, 3.05) is 11.9 Å². The maximum atomic E-state index is 13.8. The third-order valence-electron chi connectivity index (χ3n) is 6.27. The Morgan fingerprint density at radius 3 is 2.74 bits per heavy atom.